The summed E-state index contributed by atoms with van der Waals surface area (Å²) in [7, 11) is -3.51. The van der Waals surface area contributed by atoms with E-state index in [9.17, 15) is 23.4 Å². The number of nitrogens with zero attached hydrogens (tertiary/aromatic N) is 3. The number of hydrogen-bond acceptors (Lipinski definition) is 7. The SMILES string of the molecule is CS(=O)(=O)NC[C@]1(O)CN(C(=O)c2ccncn2)C[C@H]1O. The first-order valence-corrected chi connectivity index (χ1v) is 8.01. The number of carbonyl (C=O) groups excluding carboxylic acids is 1. The summed E-state index contributed by atoms with van der Waals surface area (Å²) in [6.45, 7) is -0.676. The maximum Gasteiger partial charge on any atom is 0.272 e. The van der Waals surface area contributed by atoms with E-state index in [0.29, 0.717) is 0 Å². The Morgan fingerprint density at radius 3 is 2.90 bits per heavy atom. The molecule has 1 amide bonds. The Labute approximate surface area is 121 Å². The molecule has 1 fully saturated rings. The average Bonchev–Trinajstić information content (AvgIpc) is 2.73. The van der Waals surface area contributed by atoms with Crippen LogP contribution in [-0.2, 0) is 10.0 Å². The van der Waals surface area contributed by atoms with Gasteiger partial charge in [0.2, 0.25) is 10.0 Å². The van der Waals surface area contributed by atoms with E-state index in [4.69, 9.17) is 0 Å². The summed E-state index contributed by atoms with van der Waals surface area (Å²) < 4.78 is 24.3. The molecule has 0 aliphatic carbocycles. The number of aromatic nitrogens is 2. The van der Waals surface area contributed by atoms with Gasteiger partial charge in [-0.2, -0.15) is 0 Å². The highest BCUT2D eigenvalue weighted by atomic mass is 32.2. The van der Waals surface area contributed by atoms with Gasteiger partial charge < -0.3 is 15.1 Å². The first kappa shape index (κ1) is 15.8. The average molecular weight is 316 g/mol. The van der Waals surface area contributed by atoms with Crippen LogP contribution in [0.5, 0.6) is 0 Å². The van der Waals surface area contributed by atoms with Gasteiger partial charge in [-0.25, -0.2) is 23.1 Å². The van der Waals surface area contributed by atoms with Crippen molar-refractivity contribution in [2.24, 2.45) is 0 Å². The molecule has 116 valence electrons. The van der Waals surface area contributed by atoms with Crippen molar-refractivity contribution >= 4 is 15.9 Å². The third-order valence-electron chi connectivity index (χ3n) is 3.21. The van der Waals surface area contributed by atoms with E-state index in [1.165, 1.54) is 23.5 Å². The maximum absolute atomic E-state index is 12.2. The van der Waals surface area contributed by atoms with Crippen molar-refractivity contribution in [2.75, 3.05) is 25.9 Å². The second-order valence-electron chi connectivity index (χ2n) is 4.99. The van der Waals surface area contributed by atoms with E-state index in [0.717, 1.165) is 6.26 Å². The van der Waals surface area contributed by atoms with Crippen LogP contribution in [0.15, 0.2) is 18.6 Å². The Kier molecular flexibility index (Phi) is 4.23. The second kappa shape index (κ2) is 5.64. The number of rotatable bonds is 4. The molecular weight excluding hydrogens is 300 g/mol. The standard InChI is InChI=1S/C11H16N4O5S/c1-21(19,20)14-5-11(18)6-15(4-9(11)16)10(17)8-2-3-12-7-13-8/h2-3,7,9,14,16,18H,4-6H2,1H3/t9-,11+/m1/s1. The third-order valence-corrected chi connectivity index (χ3v) is 3.88. The summed E-state index contributed by atoms with van der Waals surface area (Å²) >= 11 is 0. The van der Waals surface area contributed by atoms with E-state index in [2.05, 4.69) is 14.7 Å². The van der Waals surface area contributed by atoms with Crippen molar-refractivity contribution < 1.29 is 23.4 Å². The van der Waals surface area contributed by atoms with Crippen LogP contribution in [0.1, 0.15) is 10.5 Å². The Morgan fingerprint density at radius 2 is 2.33 bits per heavy atom. The molecule has 1 aliphatic rings. The minimum atomic E-state index is -3.51. The van der Waals surface area contributed by atoms with Crippen molar-refractivity contribution in [1.82, 2.24) is 19.6 Å². The normalized spacial score (nSPS) is 26.0. The molecule has 0 unspecified atom stereocenters. The van der Waals surface area contributed by atoms with Crippen molar-refractivity contribution in [3.05, 3.63) is 24.3 Å². The van der Waals surface area contributed by atoms with Gasteiger partial charge in [0.1, 0.15) is 23.7 Å². The van der Waals surface area contributed by atoms with E-state index in [-0.39, 0.29) is 25.3 Å². The first-order valence-electron chi connectivity index (χ1n) is 6.12. The molecule has 0 spiro atoms. The van der Waals surface area contributed by atoms with Crippen LogP contribution in [-0.4, -0.2) is 77.0 Å². The molecule has 2 atom stereocenters. The second-order valence-corrected chi connectivity index (χ2v) is 6.83. The Balaban J connectivity index is 2.08. The van der Waals surface area contributed by atoms with Gasteiger partial charge >= 0.3 is 0 Å². The van der Waals surface area contributed by atoms with Gasteiger partial charge in [0.15, 0.2) is 0 Å². The molecule has 10 heteroatoms. The van der Waals surface area contributed by atoms with Crippen LogP contribution in [0.25, 0.3) is 0 Å². The molecule has 1 aliphatic heterocycles. The van der Waals surface area contributed by atoms with E-state index in [1.54, 1.807) is 0 Å². The number of sulfonamides is 1. The summed E-state index contributed by atoms with van der Waals surface area (Å²) in [5.74, 6) is -0.466. The van der Waals surface area contributed by atoms with Gasteiger partial charge in [-0.15, -0.1) is 0 Å². The molecule has 1 aromatic rings. The van der Waals surface area contributed by atoms with Gasteiger partial charge in [-0.1, -0.05) is 0 Å². The van der Waals surface area contributed by atoms with E-state index in [1.807, 2.05) is 0 Å². The number of aliphatic hydroxyl groups excluding tert-OH is 1. The van der Waals surface area contributed by atoms with Crippen LogP contribution in [0.2, 0.25) is 0 Å². The minimum absolute atomic E-state index is 0.106. The Hall–Kier alpha value is -1.62. The predicted octanol–water partition coefficient (Wildman–Crippen LogP) is -2.43. The lowest BCUT2D eigenvalue weighted by Gasteiger charge is -2.25. The minimum Gasteiger partial charge on any atom is -0.388 e. The third kappa shape index (κ3) is 3.73. The van der Waals surface area contributed by atoms with Gasteiger partial charge in [-0.3, -0.25) is 4.79 Å². The fourth-order valence-corrected chi connectivity index (χ4v) is 2.55. The quantitative estimate of drug-likeness (QED) is 0.562. The largest absolute Gasteiger partial charge is 0.388 e. The summed E-state index contributed by atoms with van der Waals surface area (Å²) in [4.78, 5) is 20.9. The van der Waals surface area contributed by atoms with Crippen molar-refractivity contribution in [3.8, 4) is 0 Å². The first-order chi connectivity index (χ1) is 9.71. The summed E-state index contributed by atoms with van der Waals surface area (Å²) in [5.41, 5.74) is -1.59. The molecule has 0 saturated carbocycles. The Morgan fingerprint density at radius 1 is 1.62 bits per heavy atom. The maximum atomic E-state index is 12.2. The fourth-order valence-electron chi connectivity index (χ4n) is 2.04. The van der Waals surface area contributed by atoms with Crippen LogP contribution >= 0.6 is 0 Å². The number of aliphatic hydroxyl groups is 2. The van der Waals surface area contributed by atoms with Crippen molar-refractivity contribution in [2.45, 2.75) is 11.7 Å². The molecule has 2 rings (SSSR count). The highest BCUT2D eigenvalue weighted by molar-refractivity contribution is 7.88. The lowest BCUT2D eigenvalue weighted by Crippen LogP contribution is -2.51. The van der Waals surface area contributed by atoms with E-state index >= 15 is 0 Å². The molecule has 9 nitrogen and oxygen atoms in total. The van der Waals surface area contributed by atoms with Crippen molar-refractivity contribution in [1.29, 1.82) is 0 Å². The van der Waals surface area contributed by atoms with Crippen LogP contribution in [0.3, 0.4) is 0 Å². The molecule has 0 bridgehead atoms. The molecule has 0 aromatic carbocycles. The van der Waals surface area contributed by atoms with Crippen LogP contribution < -0.4 is 4.72 Å². The Bertz CT molecular complexity index is 623. The van der Waals surface area contributed by atoms with Crippen LogP contribution in [0, 0.1) is 0 Å². The summed E-state index contributed by atoms with van der Waals surface area (Å²) in [6, 6.07) is 1.42. The summed E-state index contributed by atoms with van der Waals surface area (Å²) in [5, 5.41) is 20.2. The number of hydrogen-bond donors (Lipinski definition) is 3. The highest BCUT2D eigenvalue weighted by Gasteiger charge is 2.46. The number of carbonyl (C=O) groups is 1. The zero-order chi connectivity index (χ0) is 15.7. The zero-order valence-electron chi connectivity index (χ0n) is 11.3. The van der Waals surface area contributed by atoms with Gasteiger partial charge in [-0.05, 0) is 6.07 Å². The topological polar surface area (TPSA) is 133 Å². The molecule has 2 heterocycles. The molecule has 0 radical (unpaired) electrons. The molecule has 21 heavy (non-hydrogen) atoms. The van der Waals surface area contributed by atoms with Gasteiger partial charge in [0, 0.05) is 12.7 Å². The molecule has 1 saturated heterocycles. The molecule has 3 N–H and O–H groups in total. The summed E-state index contributed by atoms with van der Waals surface area (Å²) in [6.07, 6.45) is 2.32. The zero-order valence-corrected chi connectivity index (χ0v) is 12.1. The lowest BCUT2D eigenvalue weighted by molar-refractivity contribution is -0.0352. The van der Waals surface area contributed by atoms with Crippen LogP contribution in [0.4, 0.5) is 0 Å². The highest BCUT2D eigenvalue weighted by Crippen LogP contribution is 2.22. The number of amides is 1. The number of likely N-dealkylation sites (tertiary alicyclic amines) is 1. The lowest BCUT2D eigenvalue weighted by atomic mass is 10.0. The number of nitrogens with one attached hydrogen (secondary N) is 1. The molecular formula is C11H16N4O5S. The van der Waals surface area contributed by atoms with Crippen molar-refractivity contribution in [3.63, 3.8) is 0 Å². The van der Waals surface area contributed by atoms with Gasteiger partial charge in [0.25, 0.3) is 5.91 Å². The van der Waals surface area contributed by atoms with E-state index < -0.39 is 27.6 Å². The number of β-amino-alcohol motifs (C(OH)–C–C–N with tert-alkyl or cyclic N) is 2. The van der Waals surface area contributed by atoms with Gasteiger partial charge in [0.05, 0.1) is 19.3 Å². The smallest absolute Gasteiger partial charge is 0.272 e. The molecule has 1 aromatic heterocycles. The fraction of sp³-hybridized carbons (Fsp3) is 0.545. The monoisotopic (exact) mass is 316 g/mol. The predicted molar refractivity (Wildman–Crippen MR) is 71.7 cm³/mol.